The molecule has 6 heteroatoms. The monoisotopic (exact) mass is 307 g/mol. The maximum Gasteiger partial charge on any atom is 0.291 e. The van der Waals surface area contributed by atoms with E-state index in [1.165, 1.54) is 0 Å². The van der Waals surface area contributed by atoms with Crippen LogP contribution in [0.15, 0.2) is 53.1 Å². The van der Waals surface area contributed by atoms with Crippen molar-refractivity contribution in [3.8, 4) is 5.75 Å². The van der Waals surface area contributed by atoms with Crippen LogP contribution < -0.4 is 10.1 Å². The van der Waals surface area contributed by atoms with Crippen molar-refractivity contribution in [2.75, 3.05) is 12.4 Å². The second kappa shape index (κ2) is 5.17. The van der Waals surface area contributed by atoms with E-state index in [2.05, 4.69) is 15.5 Å². The number of benzene rings is 2. The maximum absolute atomic E-state index is 12.4. The molecule has 0 unspecified atom stereocenters. The van der Waals surface area contributed by atoms with Crippen LogP contribution in [0.3, 0.4) is 0 Å². The van der Waals surface area contributed by atoms with E-state index < -0.39 is 0 Å². The Morgan fingerprint density at radius 2 is 2.13 bits per heavy atom. The van der Waals surface area contributed by atoms with E-state index in [1.54, 1.807) is 25.4 Å². The number of nitrogens with zero attached hydrogens (tertiary/aromatic N) is 1. The summed E-state index contributed by atoms with van der Waals surface area (Å²) in [6.07, 6.45) is 1.73. The number of methoxy groups -OCH3 is 1. The standard InChI is InChI=1S/C17H13N3O3/c1-22-14-4-2-3-10-7-15(23-16(10)14)17(21)19-12-6-5-11-9-18-20-13(11)8-12/h2-9H,1H3,(H,18,20)(H,19,21). The third-order valence-electron chi connectivity index (χ3n) is 3.65. The number of amides is 1. The Kier molecular flexibility index (Phi) is 3.01. The van der Waals surface area contributed by atoms with E-state index >= 15 is 0 Å². The van der Waals surface area contributed by atoms with Gasteiger partial charge < -0.3 is 14.5 Å². The lowest BCUT2D eigenvalue weighted by molar-refractivity contribution is 0.0998. The van der Waals surface area contributed by atoms with Crippen molar-refractivity contribution in [2.45, 2.75) is 0 Å². The fourth-order valence-corrected chi connectivity index (χ4v) is 2.52. The van der Waals surface area contributed by atoms with Gasteiger partial charge in [-0.15, -0.1) is 0 Å². The Morgan fingerprint density at radius 1 is 1.22 bits per heavy atom. The molecule has 0 aliphatic carbocycles. The second-order valence-corrected chi connectivity index (χ2v) is 5.12. The number of furan rings is 1. The van der Waals surface area contributed by atoms with Gasteiger partial charge in [-0.3, -0.25) is 9.89 Å². The molecule has 0 aliphatic rings. The Balaban J connectivity index is 1.65. The molecule has 0 bridgehead atoms. The number of para-hydroxylation sites is 1. The lowest BCUT2D eigenvalue weighted by Crippen LogP contribution is -2.10. The number of rotatable bonds is 3. The maximum atomic E-state index is 12.4. The molecule has 0 aliphatic heterocycles. The largest absolute Gasteiger partial charge is 0.493 e. The van der Waals surface area contributed by atoms with Gasteiger partial charge in [0.1, 0.15) is 0 Å². The summed E-state index contributed by atoms with van der Waals surface area (Å²) in [6, 6.07) is 12.7. The van der Waals surface area contributed by atoms with E-state index in [-0.39, 0.29) is 11.7 Å². The number of hydrogen-bond donors (Lipinski definition) is 2. The Bertz CT molecular complexity index is 1020. The lowest BCUT2D eigenvalue weighted by Gasteiger charge is -2.03. The second-order valence-electron chi connectivity index (χ2n) is 5.12. The zero-order valence-electron chi connectivity index (χ0n) is 12.3. The van der Waals surface area contributed by atoms with Crippen molar-refractivity contribution in [3.63, 3.8) is 0 Å². The smallest absolute Gasteiger partial charge is 0.291 e. The topological polar surface area (TPSA) is 80.1 Å². The van der Waals surface area contributed by atoms with Gasteiger partial charge in [-0.1, -0.05) is 12.1 Å². The summed E-state index contributed by atoms with van der Waals surface area (Å²) in [4.78, 5) is 12.4. The molecule has 2 heterocycles. The van der Waals surface area contributed by atoms with Crippen molar-refractivity contribution in [3.05, 3.63) is 54.4 Å². The Labute approximate surface area is 131 Å². The van der Waals surface area contributed by atoms with Crippen LogP contribution in [-0.2, 0) is 0 Å². The lowest BCUT2D eigenvalue weighted by atomic mass is 10.2. The van der Waals surface area contributed by atoms with Gasteiger partial charge in [-0.2, -0.15) is 5.10 Å². The molecule has 114 valence electrons. The summed E-state index contributed by atoms with van der Waals surface area (Å²) in [5.74, 6) is 0.511. The molecule has 23 heavy (non-hydrogen) atoms. The van der Waals surface area contributed by atoms with E-state index in [0.29, 0.717) is 17.0 Å². The highest BCUT2D eigenvalue weighted by Gasteiger charge is 2.15. The van der Waals surface area contributed by atoms with Crippen LogP contribution in [0, 0.1) is 0 Å². The third-order valence-corrected chi connectivity index (χ3v) is 3.65. The first kappa shape index (κ1) is 13.4. The van der Waals surface area contributed by atoms with E-state index in [1.807, 2.05) is 30.3 Å². The third kappa shape index (κ3) is 2.30. The zero-order valence-corrected chi connectivity index (χ0v) is 12.3. The fourth-order valence-electron chi connectivity index (χ4n) is 2.52. The molecule has 0 saturated carbocycles. The molecule has 0 saturated heterocycles. The molecule has 0 atom stereocenters. The number of H-pyrrole nitrogens is 1. The first-order valence-electron chi connectivity index (χ1n) is 7.05. The van der Waals surface area contributed by atoms with Crippen molar-refractivity contribution in [1.82, 2.24) is 10.2 Å². The van der Waals surface area contributed by atoms with E-state index in [0.717, 1.165) is 16.3 Å². The number of fused-ring (bicyclic) bond motifs is 2. The van der Waals surface area contributed by atoms with Gasteiger partial charge in [0, 0.05) is 16.5 Å². The number of carbonyl (C=O) groups excluding carboxylic acids is 1. The molecule has 4 rings (SSSR count). The minimum absolute atomic E-state index is 0.231. The molecule has 1 amide bonds. The van der Waals surface area contributed by atoms with Gasteiger partial charge in [0.05, 0.1) is 18.8 Å². The minimum atomic E-state index is -0.317. The van der Waals surface area contributed by atoms with Crippen molar-refractivity contribution >= 4 is 33.5 Å². The number of aromatic nitrogens is 2. The fraction of sp³-hybridized carbons (Fsp3) is 0.0588. The predicted molar refractivity (Wildman–Crippen MR) is 86.8 cm³/mol. The number of hydrogen-bond acceptors (Lipinski definition) is 4. The molecular formula is C17H13N3O3. The first-order chi connectivity index (χ1) is 11.2. The number of anilines is 1. The van der Waals surface area contributed by atoms with Crippen LogP contribution in [0.4, 0.5) is 5.69 Å². The number of aromatic amines is 1. The summed E-state index contributed by atoms with van der Waals surface area (Å²) in [6.45, 7) is 0. The Hall–Kier alpha value is -3.28. The average molecular weight is 307 g/mol. The molecular weight excluding hydrogens is 294 g/mol. The minimum Gasteiger partial charge on any atom is -0.493 e. The van der Waals surface area contributed by atoms with Gasteiger partial charge in [-0.05, 0) is 30.3 Å². The molecule has 0 fully saturated rings. The Morgan fingerprint density at radius 3 is 3.00 bits per heavy atom. The summed E-state index contributed by atoms with van der Waals surface area (Å²) in [7, 11) is 1.57. The summed E-state index contributed by atoms with van der Waals surface area (Å²) in [5.41, 5.74) is 2.08. The van der Waals surface area contributed by atoms with Gasteiger partial charge in [0.15, 0.2) is 17.1 Å². The van der Waals surface area contributed by atoms with E-state index in [9.17, 15) is 4.79 Å². The molecule has 6 nitrogen and oxygen atoms in total. The van der Waals surface area contributed by atoms with Crippen molar-refractivity contribution in [2.24, 2.45) is 0 Å². The molecule has 2 aromatic carbocycles. The number of ether oxygens (including phenoxy) is 1. The molecule has 2 aromatic heterocycles. The summed E-state index contributed by atoms with van der Waals surface area (Å²) >= 11 is 0. The van der Waals surface area contributed by atoms with Gasteiger partial charge in [0.25, 0.3) is 5.91 Å². The van der Waals surface area contributed by atoms with Crippen LogP contribution >= 0.6 is 0 Å². The van der Waals surface area contributed by atoms with Crippen molar-refractivity contribution in [1.29, 1.82) is 0 Å². The molecule has 4 aromatic rings. The van der Waals surface area contributed by atoms with Crippen LogP contribution in [-0.4, -0.2) is 23.2 Å². The molecule has 2 N–H and O–H groups in total. The van der Waals surface area contributed by atoms with Gasteiger partial charge in [-0.25, -0.2) is 0 Å². The van der Waals surface area contributed by atoms with Crippen LogP contribution in [0.25, 0.3) is 21.9 Å². The van der Waals surface area contributed by atoms with Gasteiger partial charge >= 0.3 is 0 Å². The molecule has 0 radical (unpaired) electrons. The van der Waals surface area contributed by atoms with Crippen LogP contribution in [0.2, 0.25) is 0 Å². The highest BCUT2D eigenvalue weighted by Crippen LogP contribution is 2.29. The van der Waals surface area contributed by atoms with Gasteiger partial charge in [0.2, 0.25) is 0 Å². The van der Waals surface area contributed by atoms with Crippen LogP contribution in [0.5, 0.6) is 5.75 Å². The predicted octanol–water partition coefficient (Wildman–Crippen LogP) is 3.57. The quantitative estimate of drug-likeness (QED) is 0.606. The number of carbonyl (C=O) groups is 1. The zero-order chi connectivity index (χ0) is 15.8. The summed E-state index contributed by atoms with van der Waals surface area (Å²) in [5, 5.41) is 11.4. The van der Waals surface area contributed by atoms with E-state index in [4.69, 9.17) is 9.15 Å². The highest BCUT2D eigenvalue weighted by atomic mass is 16.5. The highest BCUT2D eigenvalue weighted by molar-refractivity contribution is 6.05. The average Bonchev–Trinajstić information content (AvgIpc) is 3.20. The summed E-state index contributed by atoms with van der Waals surface area (Å²) < 4.78 is 10.9. The first-order valence-corrected chi connectivity index (χ1v) is 7.05. The normalized spacial score (nSPS) is 11.0. The van der Waals surface area contributed by atoms with Crippen LogP contribution in [0.1, 0.15) is 10.6 Å². The SMILES string of the molecule is COc1cccc2cc(C(=O)Nc3ccc4cn[nH]c4c3)oc12. The number of nitrogens with one attached hydrogen (secondary N) is 2. The van der Waals surface area contributed by atoms with Crippen molar-refractivity contribution < 1.29 is 13.9 Å². The molecule has 0 spiro atoms.